The molecule has 3 heterocycles. The molecule has 1 fully saturated rings. The van der Waals surface area contributed by atoms with E-state index in [1.165, 1.54) is 30.7 Å². The summed E-state index contributed by atoms with van der Waals surface area (Å²) < 4.78 is 8.03. The van der Waals surface area contributed by atoms with Crippen LogP contribution in [0.2, 0.25) is 0 Å². The molecule has 23 heavy (non-hydrogen) atoms. The molecule has 1 aliphatic carbocycles. The molecule has 1 unspecified atom stereocenters. The third-order valence-corrected chi connectivity index (χ3v) is 5.08. The minimum Gasteiger partial charge on any atom is -0.462 e. The van der Waals surface area contributed by atoms with Crippen molar-refractivity contribution in [3.05, 3.63) is 35.7 Å². The lowest BCUT2D eigenvalue weighted by atomic mass is 9.88. The Labute approximate surface area is 136 Å². The SMILES string of the molecule is Cc1cnc(OCC2Cc3c(ncn3C)CN2C2CCC2)nc1. The van der Waals surface area contributed by atoms with Crippen molar-refractivity contribution in [2.45, 2.75) is 51.2 Å². The minimum absolute atomic E-state index is 0.369. The van der Waals surface area contributed by atoms with Crippen molar-refractivity contribution in [2.75, 3.05) is 6.61 Å². The van der Waals surface area contributed by atoms with Gasteiger partial charge in [0.2, 0.25) is 0 Å². The molecule has 1 aliphatic heterocycles. The molecule has 4 rings (SSSR count). The van der Waals surface area contributed by atoms with Crippen LogP contribution in [0.1, 0.15) is 36.2 Å². The van der Waals surface area contributed by atoms with Gasteiger partial charge in [0.05, 0.1) is 18.1 Å². The lowest BCUT2D eigenvalue weighted by Gasteiger charge is -2.44. The summed E-state index contributed by atoms with van der Waals surface area (Å²) in [4.78, 5) is 15.6. The van der Waals surface area contributed by atoms with E-state index < -0.39 is 0 Å². The van der Waals surface area contributed by atoms with Gasteiger partial charge in [-0.1, -0.05) is 6.42 Å². The first-order valence-corrected chi connectivity index (χ1v) is 8.37. The van der Waals surface area contributed by atoms with Crippen LogP contribution < -0.4 is 4.74 Å². The Morgan fingerprint density at radius 1 is 1.22 bits per heavy atom. The molecule has 1 saturated carbocycles. The monoisotopic (exact) mass is 313 g/mol. The van der Waals surface area contributed by atoms with Crippen molar-refractivity contribution in [3.8, 4) is 6.01 Å². The summed E-state index contributed by atoms with van der Waals surface area (Å²) in [6.07, 6.45) is 10.4. The summed E-state index contributed by atoms with van der Waals surface area (Å²) in [5, 5.41) is 0. The number of imidazole rings is 1. The van der Waals surface area contributed by atoms with E-state index in [-0.39, 0.29) is 0 Å². The summed E-state index contributed by atoms with van der Waals surface area (Å²) in [5.74, 6) is 0. The number of aryl methyl sites for hydroxylation is 2. The Morgan fingerprint density at radius 2 is 2.00 bits per heavy atom. The van der Waals surface area contributed by atoms with Crippen molar-refractivity contribution in [3.63, 3.8) is 0 Å². The zero-order valence-corrected chi connectivity index (χ0v) is 13.8. The average Bonchev–Trinajstić information content (AvgIpc) is 2.85. The van der Waals surface area contributed by atoms with E-state index in [0.717, 1.165) is 18.5 Å². The van der Waals surface area contributed by atoms with Crippen molar-refractivity contribution in [1.29, 1.82) is 0 Å². The Kier molecular flexibility index (Phi) is 3.77. The number of hydrogen-bond acceptors (Lipinski definition) is 5. The van der Waals surface area contributed by atoms with Gasteiger partial charge in [-0.05, 0) is 25.3 Å². The standard InChI is InChI=1S/C17H23N5O/c1-12-7-18-17(19-8-12)23-10-14-6-16-15(20-11-21(16)2)9-22(14)13-4-3-5-13/h7-8,11,13-14H,3-6,9-10H2,1-2H3. The molecule has 6 nitrogen and oxygen atoms in total. The Balaban J connectivity index is 1.49. The summed E-state index contributed by atoms with van der Waals surface area (Å²) >= 11 is 0. The number of aromatic nitrogens is 4. The molecule has 0 aromatic carbocycles. The van der Waals surface area contributed by atoms with Gasteiger partial charge in [-0.3, -0.25) is 4.90 Å². The quantitative estimate of drug-likeness (QED) is 0.862. The third-order valence-electron chi connectivity index (χ3n) is 5.08. The second-order valence-electron chi connectivity index (χ2n) is 6.72. The van der Waals surface area contributed by atoms with Gasteiger partial charge in [-0.15, -0.1) is 0 Å². The van der Waals surface area contributed by atoms with Crippen LogP contribution in [-0.2, 0) is 20.0 Å². The number of ether oxygens (including phenoxy) is 1. The summed E-state index contributed by atoms with van der Waals surface area (Å²) in [6, 6.07) is 1.52. The molecule has 0 amide bonds. The molecule has 0 saturated heterocycles. The molecule has 6 heteroatoms. The van der Waals surface area contributed by atoms with Crippen LogP contribution in [-0.4, -0.2) is 43.1 Å². The second kappa shape index (κ2) is 5.92. The van der Waals surface area contributed by atoms with Gasteiger partial charge < -0.3 is 9.30 Å². The van der Waals surface area contributed by atoms with E-state index >= 15 is 0 Å². The Morgan fingerprint density at radius 3 is 2.70 bits per heavy atom. The lowest BCUT2D eigenvalue weighted by molar-refractivity contribution is 0.0334. The average molecular weight is 313 g/mol. The van der Waals surface area contributed by atoms with Crippen molar-refractivity contribution in [2.24, 2.45) is 7.05 Å². The fourth-order valence-corrected chi connectivity index (χ4v) is 3.47. The minimum atomic E-state index is 0.369. The van der Waals surface area contributed by atoms with E-state index in [4.69, 9.17) is 4.74 Å². The molecular weight excluding hydrogens is 290 g/mol. The highest BCUT2D eigenvalue weighted by Crippen LogP contribution is 2.32. The van der Waals surface area contributed by atoms with E-state index in [1.54, 1.807) is 12.4 Å². The highest BCUT2D eigenvalue weighted by atomic mass is 16.5. The smallest absolute Gasteiger partial charge is 0.316 e. The lowest BCUT2D eigenvalue weighted by Crippen LogP contribution is -2.52. The predicted octanol–water partition coefficient (Wildman–Crippen LogP) is 1.88. The van der Waals surface area contributed by atoms with Crippen molar-refractivity contribution < 1.29 is 4.74 Å². The van der Waals surface area contributed by atoms with Gasteiger partial charge in [0.25, 0.3) is 0 Å². The van der Waals surface area contributed by atoms with Crippen molar-refractivity contribution >= 4 is 0 Å². The van der Waals surface area contributed by atoms with E-state index in [2.05, 4.69) is 31.5 Å². The Hall–Kier alpha value is -1.95. The predicted molar refractivity (Wildman–Crippen MR) is 86.1 cm³/mol. The van der Waals surface area contributed by atoms with E-state index in [0.29, 0.717) is 24.7 Å². The maximum Gasteiger partial charge on any atom is 0.316 e. The molecule has 0 radical (unpaired) electrons. The van der Waals surface area contributed by atoms with Gasteiger partial charge in [-0.2, -0.15) is 0 Å². The van der Waals surface area contributed by atoms with Crippen LogP contribution in [0.15, 0.2) is 18.7 Å². The number of nitrogens with zero attached hydrogens (tertiary/aromatic N) is 5. The van der Waals surface area contributed by atoms with Crippen LogP contribution in [0.25, 0.3) is 0 Å². The topological polar surface area (TPSA) is 56.1 Å². The highest BCUT2D eigenvalue weighted by molar-refractivity contribution is 5.19. The van der Waals surface area contributed by atoms with Gasteiger partial charge in [0.1, 0.15) is 6.61 Å². The van der Waals surface area contributed by atoms with Gasteiger partial charge in [-0.25, -0.2) is 15.0 Å². The van der Waals surface area contributed by atoms with Gasteiger partial charge >= 0.3 is 6.01 Å². The number of fused-ring (bicyclic) bond motifs is 1. The van der Waals surface area contributed by atoms with Crippen LogP contribution in [0.5, 0.6) is 6.01 Å². The number of rotatable bonds is 4. The second-order valence-corrected chi connectivity index (χ2v) is 6.72. The molecule has 0 N–H and O–H groups in total. The molecule has 2 aromatic heterocycles. The van der Waals surface area contributed by atoms with Crippen LogP contribution >= 0.6 is 0 Å². The Bertz CT molecular complexity index is 677. The molecule has 0 spiro atoms. The highest BCUT2D eigenvalue weighted by Gasteiger charge is 2.36. The maximum atomic E-state index is 5.89. The van der Waals surface area contributed by atoms with Crippen LogP contribution in [0.3, 0.4) is 0 Å². The summed E-state index contributed by atoms with van der Waals surface area (Å²) in [5.41, 5.74) is 3.60. The maximum absolute atomic E-state index is 5.89. The molecule has 2 aliphatic rings. The number of hydrogen-bond donors (Lipinski definition) is 0. The largest absolute Gasteiger partial charge is 0.462 e. The van der Waals surface area contributed by atoms with Crippen LogP contribution in [0.4, 0.5) is 0 Å². The first kappa shape index (κ1) is 14.6. The first-order valence-electron chi connectivity index (χ1n) is 8.37. The molecule has 2 aromatic rings. The zero-order chi connectivity index (χ0) is 15.8. The molecule has 122 valence electrons. The van der Waals surface area contributed by atoms with E-state index in [9.17, 15) is 0 Å². The molecule has 1 atom stereocenters. The first-order chi connectivity index (χ1) is 11.2. The van der Waals surface area contributed by atoms with Gasteiger partial charge in [0.15, 0.2) is 0 Å². The van der Waals surface area contributed by atoms with Crippen LogP contribution in [0, 0.1) is 6.92 Å². The van der Waals surface area contributed by atoms with Gasteiger partial charge in [0, 0.05) is 44.1 Å². The third kappa shape index (κ3) is 2.83. The molecule has 0 bridgehead atoms. The normalized spacial score (nSPS) is 21.7. The summed E-state index contributed by atoms with van der Waals surface area (Å²) in [6.45, 7) is 3.54. The fraction of sp³-hybridized carbons (Fsp3) is 0.588. The summed E-state index contributed by atoms with van der Waals surface area (Å²) in [7, 11) is 2.08. The van der Waals surface area contributed by atoms with Crippen molar-refractivity contribution in [1.82, 2.24) is 24.4 Å². The molecular formula is C17H23N5O. The zero-order valence-electron chi connectivity index (χ0n) is 13.8. The fourth-order valence-electron chi connectivity index (χ4n) is 3.47. The van der Waals surface area contributed by atoms with E-state index in [1.807, 2.05) is 13.3 Å².